The molecule has 0 unspecified atom stereocenters. The molecule has 2 rings (SSSR count). The third-order valence-electron chi connectivity index (χ3n) is 2.76. The van der Waals surface area contributed by atoms with Crippen LogP contribution in [0.3, 0.4) is 0 Å². The van der Waals surface area contributed by atoms with Crippen LogP contribution in [0.15, 0.2) is 42.5 Å². The number of amides is 1. The molecule has 0 spiro atoms. The van der Waals surface area contributed by atoms with Crippen LogP contribution in [0, 0.1) is 5.82 Å². The maximum absolute atomic E-state index is 13.5. The number of carbonyl (C=O) groups is 1. The van der Waals surface area contributed by atoms with Crippen LogP contribution in [-0.2, 0) is 11.2 Å². The number of hydrogen-bond donors (Lipinski definition) is 2. The van der Waals surface area contributed by atoms with Gasteiger partial charge in [-0.1, -0.05) is 12.1 Å². The Bertz CT molecular complexity index is 629. The minimum Gasteiger partial charge on any atom is -0.497 e. The van der Waals surface area contributed by atoms with Gasteiger partial charge < -0.3 is 15.8 Å². The molecule has 20 heavy (non-hydrogen) atoms. The van der Waals surface area contributed by atoms with Gasteiger partial charge in [-0.15, -0.1) is 0 Å². The van der Waals surface area contributed by atoms with Crippen molar-refractivity contribution in [1.82, 2.24) is 0 Å². The van der Waals surface area contributed by atoms with Gasteiger partial charge in [-0.2, -0.15) is 0 Å². The fourth-order valence-corrected chi connectivity index (χ4v) is 1.80. The molecule has 0 heterocycles. The number of hydrogen-bond acceptors (Lipinski definition) is 3. The molecule has 0 bridgehead atoms. The normalized spacial score (nSPS) is 10.1. The van der Waals surface area contributed by atoms with E-state index in [-0.39, 0.29) is 18.0 Å². The van der Waals surface area contributed by atoms with E-state index in [2.05, 4.69) is 5.32 Å². The average molecular weight is 274 g/mol. The van der Waals surface area contributed by atoms with Crippen molar-refractivity contribution < 1.29 is 13.9 Å². The first-order valence-electron chi connectivity index (χ1n) is 6.06. The zero-order valence-corrected chi connectivity index (χ0v) is 11.0. The Morgan fingerprint density at radius 2 is 2.10 bits per heavy atom. The van der Waals surface area contributed by atoms with E-state index in [0.29, 0.717) is 11.4 Å². The number of nitrogens with one attached hydrogen (secondary N) is 1. The van der Waals surface area contributed by atoms with Gasteiger partial charge in [0, 0.05) is 5.69 Å². The molecule has 5 heteroatoms. The topological polar surface area (TPSA) is 64.3 Å². The third-order valence-corrected chi connectivity index (χ3v) is 2.76. The second kappa shape index (κ2) is 6.06. The van der Waals surface area contributed by atoms with E-state index in [4.69, 9.17) is 10.5 Å². The summed E-state index contributed by atoms with van der Waals surface area (Å²) in [6.45, 7) is 0. The van der Waals surface area contributed by atoms with Crippen molar-refractivity contribution in [1.29, 1.82) is 0 Å². The molecule has 0 radical (unpaired) electrons. The lowest BCUT2D eigenvalue weighted by Crippen LogP contribution is -2.15. The van der Waals surface area contributed by atoms with Crippen LogP contribution in [0.2, 0.25) is 0 Å². The Hall–Kier alpha value is -2.56. The second-order valence-electron chi connectivity index (χ2n) is 4.32. The van der Waals surface area contributed by atoms with Gasteiger partial charge in [0.25, 0.3) is 0 Å². The van der Waals surface area contributed by atoms with Gasteiger partial charge in [0.05, 0.1) is 19.2 Å². The van der Waals surface area contributed by atoms with Crippen molar-refractivity contribution in [2.45, 2.75) is 6.42 Å². The number of nitrogens with two attached hydrogens (primary N) is 1. The van der Waals surface area contributed by atoms with E-state index >= 15 is 0 Å². The van der Waals surface area contributed by atoms with Crippen LogP contribution in [0.1, 0.15) is 5.56 Å². The van der Waals surface area contributed by atoms with E-state index in [1.807, 2.05) is 0 Å². The molecular formula is C15H15FN2O2. The molecule has 4 nitrogen and oxygen atoms in total. The molecule has 0 aliphatic carbocycles. The Balaban J connectivity index is 2.07. The number of benzene rings is 2. The maximum Gasteiger partial charge on any atom is 0.228 e. The van der Waals surface area contributed by atoms with Crippen molar-refractivity contribution in [2.24, 2.45) is 0 Å². The van der Waals surface area contributed by atoms with Crippen LogP contribution >= 0.6 is 0 Å². The summed E-state index contributed by atoms with van der Waals surface area (Å²) < 4.78 is 18.6. The summed E-state index contributed by atoms with van der Waals surface area (Å²) in [5.41, 5.74) is 6.82. The highest BCUT2D eigenvalue weighted by Gasteiger charge is 2.08. The minimum atomic E-state index is -0.516. The molecule has 2 aromatic carbocycles. The lowest BCUT2D eigenvalue weighted by Gasteiger charge is -2.08. The van der Waals surface area contributed by atoms with E-state index in [1.54, 1.807) is 31.4 Å². The molecule has 0 saturated heterocycles. The summed E-state index contributed by atoms with van der Waals surface area (Å²) in [5.74, 6) is -0.161. The number of carbonyl (C=O) groups excluding carboxylic acids is 1. The average Bonchev–Trinajstić information content (AvgIpc) is 2.43. The van der Waals surface area contributed by atoms with E-state index in [0.717, 1.165) is 5.56 Å². The highest BCUT2D eigenvalue weighted by atomic mass is 19.1. The Morgan fingerprint density at radius 1 is 1.30 bits per heavy atom. The van der Waals surface area contributed by atoms with Crippen LogP contribution in [0.5, 0.6) is 5.75 Å². The Kier molecular flexibility index (Phi) is 4.20. The molecule has 2 aromatic rings. The molecule has 0 aromatic heterocycles. The van der Waals surface area contributed by atoms with E-state index in [1.165, 1.54) is 18.2 Å². The van der Waals surface area contributed by atoms with Gasteiger partial charge >= 0.3 is 0 Å². The molecule has 0 aliphatic heterocycles. The largest absolute Gasteiger partial charge is 0.497 e. The van der Waals surface area contributed by atoms with E-state index in [9.17, 15) is 9.18 Å². The number of ether oxygens (including phenoxy) is 1. The summed E-state index contributed by atoms with van der Waals surface area (Å²) in [4.78, 5) is 11.9. The summed E-state index contributed by atoms with van der Waals surface area (Å²) >= 11 is 0. The van der Waals surface area contributed by atoms with Crippen molar-refractivity contribution >= 4 is 17.3 Å². The monoisotopic (exact) mass is 274 g/mol. The zero-order chi connectivity index (χ0) is 14.5. The molecule has 104 valence electrons. The van der Waals surface area contributed by atoms with Gasteiger partial charge in [-0.25, -0.2) is 4.39 Å². The number of rotatable bonds is 4. The first kappa shape index (κ1) is 13.9. The Labute approximate surface area is 116 Å². The maximum atomic E-state index is 13.5. The molecule has 0 aliphatic rings. The first-order chi connectivity index (χ1) is 9.58. The SMILES string of the molecule is COc1cccc(CC(=O)Nc2cc(N)ccc2F)c1. The van der Waals surface area contributed by atoms with Crippen molar-refractivity contribution in [3.8, 4) is 5.75 Å². The summed E-state index contributed by atoms with van der Waals surface area (Å²) in [6, 6.07) is 11.2. The first-order valence-corrected chi connectivity index (χ1v) is 6.06. The van der Waals surface area contributed by atoms with Crippen LogP contribution in [-0.4, -0.2) is 13.0 Å². The lowest BCUT2D eigenvalue weighted by atomic mass is 10.1. The quantitative estimate of drug-likeness (QED) is 0.842. The van der Waals surface area contributed by atoms with Gasteiger partial charge in [0.2, 0.25) is 5.91 Å². The second-order valence-corrected chi connectivity index (χ2v) is 4.32. The molecular weight excluding hydrogens is 259 g/mol. The molecule has 0 fully saturated rings. The van der Waals surface area contributed by atoms with Crippen LogP contribution in [0.4, 0.5) is 15.8 Å². The van der Waals surface area contributed by atoms with Crippen molar-refractivity contribution in [2.75, 3.05) is 18.2 Å². The zero-order valence-electron chi connectivity index (χ0n) is 11.0. The molecule has 0 atom stereocenters. The third kappa shape index (κ3) is 3.47. The predicted octanol–water partition coefficient (Wildman–Crippen LogP) is 2.60. The molecule has 0 saturated carbocycles. The summed E-state index contributed by atoms with van der Waals surface area (Å²) in [6.07, 6.45) is 0.130. The van der Waals surface area contributed by atoms with E-state index < -0.39 is 5.82 Å². The predicted molar refractivity (Wildman–Crippen MR) is 76.1 cm³/mol. The minimum absolute atomic E-state index is 0.0814. The standard InChI is InChI=1S/C15H15FN2O2/c1-20-12-4-2-3-10(7-12)8-15(19)18-14-9-11(17)5-6-13(14)16/h2-7,9H,8,17H2,1H3,(H,18,19). The number of anilines is 2. The summed E-state index contributed by atoms with van der Waals surface area (Å²) in [5, 5.41) is 2.50. The fraction of sp³-hybridized carbons (Fsp3) is 0.133. The lowest BCUT2D eigenvalue weighted by molar-refractivity contribution is -0.115. The van der Waals surface area contributed by atoms with Gasteiger partial charge in [-0.05, 0) is 35.9 Å². The molecule has 3 N–H and O–H groups in total. The Morgan fingerprint density at radius 3 is 2.85 bits per heavy atom. The number of nitrogen functional groups attached to an aromatic ring is 1. The molecule has 1 amide bonds. The van der Waals surface area contributed by atoms with Crippen molar-refractivity contribution in [3.05, 3.63) is 53.8 Å². The highest BCUT2D eigenvalue weighted by molar-refractivity contribution is 5.92. The number of halogens is 1. The van der Waals surface area contributed by atoms with Crippen molar-refractivity contribution in [3.63, 3.8) is 0 Å². The van der Waals surface area contributed by atoms with Gasteiger partial charge in [0.15, 0.2) is 0 Å². The number of methoxy groups -OCH3 is 1. The highest BCUT2D eigenvalue weighted by Crippen LogP contribution is 2.18. The smallest absolute Gasteiger partial charge is 0.228 e. The fourth-order valence-electron chi connectivity index (χ4n) is 1.80. The van der Waals surface area contributed by atoms with Gasteiger partial charge in [0.1, 0.15) is 11.6 Å². The summed E-state index contributed by atoms with van der Waals surface area (Å²) in [7, 11) is 1.56. The van der Waals surface area contributed by atoms with Crippen LogP contribution in [0.25, 0.3) is 0 Å². The van der Waals surface area contributed by atoms with Gasteiger partial charge in [-0.3, -0.25) is 4.79 Å². The van der Waals surface area contributed by atoms with Crippen LogP contribution < -0.4 is 15.8 Å².